The van der Waals surface area contributed by atoms with Crippen LogP contribution in [0.5, 0.6) is 0 Å². The number of carbonyl (C=O) groups is 1. The lowest BCUT2D eigenvalue weighted by Gasteiger charge is -2.25. The van der Waals surface area contributed by atoms with E-state index in [0.29, 0.717) is 30.3 Å². The average molecular weight is 268 g/mol. The Kier molecular flexibility index (Phi) is 3.29. The Morgan fingerprint density at radius 1 is 1.28 bits per heavy atom. The van der Waals surface area contributed by atoms with Gasteiger partial charge in [0.05, 0.1) is 10.5 Å². The molecule has 1 aliphatic carbocycles. The molecule has 0 atom stereocenters. The number of aliphatic hydroxyl groups is 1. The molecule has 98 valence electrons. The van der Waals surface area contributed by atoms with Crippen molar-refractivity contribution in [2.45, 2.75) is 36.2 Å². The molecule has 0 saturated heterocycles. The van der Waals surface area contributed by atoms with Gasteiger partial charge in [0.15, 0.2) is 9.84 Å². The lowest BCUT2D eigenvalue weighted by molar-refractivity contribution is 0.0415. The van der Waals surface area contributed by atoms with Gasteiger partial charge in [-0.3, -0.25) is 4.79 Å². The fraction of sp³-hybridized carbons (Fsp3) is 0.462. The summed E-state index contributed by atoms with van der Waals surface area (Å²) in [5, 5.41) is 10.5. The van der Waals surface area contributed by atoms with Crippen LogP contribution in [-0.4, -0.2) is 26.1 Å². The zero-order chi connectivity index (χ0) is 13.4. The Bertz CT molecular complexity index is 569. The predicted molar refractivity (Wildman–Crippen MR) is 67.3 cm³/mol. The van der Waals surface area contributed by atoms with E-state index in [2.05, 4.69) is 0 Å². The molecule has 1 N–H and O–H groups in total. The minimum absolute atomic E-state index is 0.123. The SMILES string of the molecule is CS(=O)(=O)c1ccc(C=O)cc1C1(O)CCCC1. The Morgan fingerprint density at radius 2 is 1.89 bits per heavy atom. The molecule has 1 fully saturated rings. The van der Waals surface area contributed by atoms with E-state index < -0.39 is 15.4 Å². The lowest BCUT2D eigenvalue weighted by atomic mass is 9.91. The third-order valence-electron chi connectivity index (χ3n) is 3.47. The number of hydrogen-bond acceptors (Lipinski definition) is 4. The van der Waals surface area contributed by atoms with Gasteiger partial charge < -0.3 is 5.11 Å². The van der Waals surface area contributed by atoms with Crippen LogP contribution in [0.25, 0.3) is 0 Å². The second-order valence-electron chi connectivity index (χ2n) is 4.88. The molecule has 5 heteroatoms. The molecule has 2 rings (SSSR count). The smallest absolute Gasteiger partial charge is 0.175 e. The average Bonchev–Trinajstić information content (AvgIpc) is 2.75. The molecule has 0 radical (unpaired) electrons. The van der Waals surface area contributed by atoms with Crippen LogP contribution in [0.1, 0.15) is 41.6 Å². The van der Waals surface area contributed by atoms with Crippen LogP contribution >= 0.6 is 0 Å². The molecule has 0 spiro atoms. The molecule has 0 amide bonds. The first-order valence-corrected chi connectivity index (χ1v) is 7.78. The maximum Gasteiger partial charge on any atom is 0.175 e. The van der Waals surface area contributed by atoms with E-state index in [-0.39, 0.29) is 4.90 Å². The summed E-state index contributed by atoms with van der Waals surface area (Å²) in [5.74, 6) is 0. The normalized spacial score (nSPS) is 18.8. The Balaban J connectivity index is 2.65. The van der Waals surface area contributed by atoms with Gasteiger partial charge in [-0.05, 0) is 25.0 Å². The lowest BCUT2D eigenvalue weighted by Crippen LogP contribution is -2.24. The predicted octanol–water partition coefficient (Wildman–Crippen LogP) is 1.66. The van der Waals surface area contributed by atoms with Gasteiger partial charge in [-0.15, -0.1) is 0 Å². The van der Waals surface area contributed by atoms with E-state index >= 15 is 0 Å². The third kappa shape index (κ3) is 2.33. The van der Waals surface area contributed by atoms with Crippen molar-refractivity contribution >= 4 is 16.1 Å². The van der Waals surface area contributed by atoms with Crippen LogP contribution in [0.15, 0.2) is 23.1 Å². The monoisotopic (exact) mass is 268 g/mol. The van der Waals surface area contributed by atoms with Crippen molar-refractivity contribution in [1.82, 2.24) is 0 Å². The fourth-order valence-electron chi connectivity index (χ4n) is 2.54. The Morgan fingerprint density at radius 3 is 2.39 bits per heavy atom. The highest BCUT2D eigenvalue weighted by Crippen LogP contribution is 2.41. The summed E-state index contributed by atoms with van der Waals surface area (Å²) >= 11 is 0. The first kappa shape index (κ1) is 13.2. The molecule has 0 aliphatic heterocycles. The summed E-state index contributed by atoms with van der Waals surface area (Å²) in [6.07, 6.45) is 4.59. The van der Waals surface area contributed by atoms with Crippen LogP contribution < -0.4 is 0 Å². The number of sulfone groups is 1. The van der Waals surface area contributed by atoms with Gasteiger partial charge >= 0.3 is 0 Å². The Hall–Kier alpha value is -1.20. The highest BCUT2D eigenvalue weighted by atomic mass is 32.2. The molecular formula is C13H16O4S. The molecule has 0 heterocycles. The molecular weight excluding hydrogens is 252 g/mol. The molecule has 1 saturated carbocycles. The van der Waals surface area contributed by atoms with Crippen LogP contribution in [0, 0.1) is 0 Å². The summed E-state index contributed by atoms with van der Waals surface area (Å²) in [4.78, 5) is 10.9. The van der Waals surface area contributed by atoms with Crippen molar-refractivity contribution in [3.8, 4) is 0 Å². The van der Waals surface area contributed by atoms with Gasteiger partial charge in [-0.25, -0.2) is 8.42 Å². The molecule has 0 aromatic heterocycles. The maximum absolute atomic E-state index is 11.8. The zero-order valence-corrected chi connectivity index (χ0v) is 11.0. The van der Waals surface area contributed by atoms with Gasteiger partial charge in [0.2, 0.25) is 0 Å². The summed E-state index contributed by atoms with van der Waals surface area (Å²) in [5.41, 5.74) is -0.359. The Labute approximate surface area is 107 Å². The standard InChI is InChI=1S/C13H16O4S/c1-18(16,17)12-5-4-10(9-14)8-11(12)13(15)6-2-3-7-13/h4-5,8-9,15H,2-3,6-7H2,1H3. The van der Waals surface area contributed by atoms with Crippen LogP contribution in [0.2, 0.25) is 0 Å². The van der Waals surface area contributed by atoms with Gasteiger partial charge in [-0.2, -0.15) is 0 Å². The molecule has 1 aromatic rings. The van der Waals surface area contributed by atoms with Crippen LogP contribution in [-0.2, 0) is 15.4 Å². The molecule has 1 aliphatic rings. The number of aldehydes is 1. The number of benzene rings is 1. The maximum atomic E-state index is 11.8. The number of hydrogen-bond donors (Lipinski definition) is 1. The second-order valence-corrected chi connectivity index (χ2v) is 6.87. The molecule has 4 nitrogen and oxygen atoms in total. The highest BCUT2D eigenvalue weighted by Gasteiger charge is 2.36. The first-order chi connectivity index (χ1) is 8.37. The summed E-state index contributed by atoms with van der Waals surface area (Å²) in [6.45, 7) is 0. The van der Waals surface area contributed by atoms with Gasteiger partial charge in [-0.1, -0.05) is 18.9 Å². The summed E-state index contributed by atoms with van der Waals surface area (Å²) in [7, 11) is -3.41. The van der Waals surface area contributed by atoms with E-state index in [4.69, 9.17) is 0 Å². The van der Waals surface area contributed by atoms with Crippen LogP contribution in [0.4, 0.5) is 0 Å². The molecule has 1 aromatic carbocycles. The van der Waals surface area contributed by atoms with Gasteiger partial charge in [0, 0.05) is 17.4 Å². The fourth-order valence-corrected chi connectivity index (χ4v) is 3.50. The van der Waals surface area contributed by atoms with Crippen molar-refractivity contribution < 1.29 is 18.3 Å². The van der Waals surface area contributed by atoms with Crippen molar-refractivity contribution in [2.24, 2.45) is 0 Å². The van der Waals surface area contributed by atoms with Crippen molar-refractivity contribution in [1.29, 1.82) is 0 Å². The van der Waals surface area contributed by atoms with E-state index in [1.165, 1.54) is 18.2 Å². The quantitative estimate of drug-likeness (QED) is 0.846. The second kappa shape index (κ2) is 4.48. The van der Waals surface area contributed by atoms with Gasteiger partial charge in [0.25, 0.3) is 0 Å². The number of rotatable bonds is 3. The summed E-state index contributed by atoms with van der Waals surface area (Å²) in [6, 6.07) is 4.37. The third-order valence-corrected chi connectivity index (χ3v) is 4.63. The van der Waals surface area contributed by atoms with E-state index in [1.807, 2.05) is 0 Å². The first-order valence-electron chi connectivity index (χ1n) is 5.89. The summed E-state index contributed by atoms with van der Waals surface area (Å²) < 4.78 is 23.5. The van der Waals surface area contributed by atoms with Gasteiger partial charge in [0.1, 0.15) is 6.29 Å². The minimum atomic E-state index is -3.41. The van der Waals surface area contributed by atoms with Crippen molar-refractivity contribution in [2.75, 3.05) is 6.26 Å². The van der Waals surface area contributed by atoms with Crippen molar-refractivity contribution in [3.05, 3.63) is 29.3 Å². The highest BCUT2D eigenvalue weighted by molar-refractivity contribution is 7.90. The zero-order valence-electron chi connectivity index (χ0n) is 10.2. The largest absolute Gasteiger partial charge is 0.385 e. The minimum Gasteiger partial charge on any atom is -0.385 e. The van der Waals surface area contributed by atoms with E-state index in [9.17, 15) is 18.3 Å². The van der Waals surface area contributed by atoms with E-state index in [1.54, 1.807) is 0 Å². The topological polar surface area (TPSA) is 71.4 Å². The van der Waals surface area contributed by atoms with Crippen LogP contribution in [0.3, 0.4) is 0 Å². The molecule has 18 heavy (non-hydrogen) atoms. The number of carbonyl (C=O) groups excluding carboxylic acids is 1. The van der Waals surface area contributed by atoms with Crippen molar-refractivity contribution in [3.63, 3.8) is 0 Å². The molecule has 0 bridgehead atoms. The molecule has 0 unspecified atom stereocenters. The van der Waals surface area contributed by atoms with E-state index in [0.717, 1.165) is 19.1 Å².